The summed E-state index contributed by atoms with van der Waals surface area (Å²) in [5, 5.41) is 24.3. The molecule has 9 N–H and O–H groups in total. The predicted molar refractivity (Wildman–Crippen MR) is 92.9 cm³/mol. The minimum atomic E-state index is -0.968. The largest absolute Gasteiger partial charge is 0.480 e. The Morgan fingerprint density at radius 2 is 1.40 bits per heavy atom. The van der Waals surface area contributed by atoms with Crippen LogP contribution in [0.25, 0.3) is 0 Å². The van der Waals surface area contributed by atoms with E-state index in [1.165, 1.54) is 0 Å². The molecule has 0 spiro atoms. The highest BCUT2D eigenvalue weighted by atomic mass is 16.4. The molecule has 9 heteroatoms. The van der Waals surface area contributed by atoms with Crippen molar-refractivity contribution in [1.29, 1.82) is 0 Å². The molecule has 0 radical (unpaired) electrons. The lowest BCUT2D eigenvalue weighted by Gasteiger charge is -2.07. The zero-order valence-electron chi connectivity index (χ0n) is 14.3. The van der Waals surface area contributed by atoms with Crippen molar-refractivity contribution < 1.29 is 29.7 Å². The van der Waals surface area contributed by atoms with E-state index in [0.29, 0.717) is 6.42 Å². The monoisotopic (exact) mass is 357 g/mol. The SMILES string of the molecule is CC(C)[C@H](N)C(=O)O.NCC(=O)O.N[C@@H](Cc1ccccc1)C(=O)O. The predicted octanol–water partition coefficient (Wildman–Crippen LogP) is -0.275. The van der Waals surface area contributed by atoms with E-state index >= 15 is 0 Å². The lowest BCUT2D eigenvalue weighted by Crippen LogP contribution is -2.34. The maximum Gasteiger partial charge on any atom is 0.320 e. The molecule has 0 fully saturated rings. The molecule has 1 aromatic rings. The van der Waals surface area contributed by atoms with Crippen LogP contribution in [0, 0.1) is 5.92 Å². The van der Waals surface area contributed by atoms with Crippen LogP contribution in [0.2, 0.25) is 0 Å². The summed E-state index contributed by atoms with van der Waals surface area (Å²) >= 11 is 0. The smallest absolute Gasteiger partial charge is 0.320 e. The van der Waals surface area contributed by atoms with Crippen LogP contribution in [0.3, 0.4) is 0 Å². The van der Waals surface area contributed by atoms with Crippen molar-refractivity contribution in [3.8, 4) is 0 Å². The molecule has 1 aromatic carbocycles. The lowest BCUT2D eigenvalue weighted by atomic mass is 10.1. The van der Waals surface area contributed by atoms with Gasteiger partial charge in [0, 0.05) is 0 Å². The Hall–Kier alpha value is -2.49. The van der Waals surface area contributed by atoms with Crippen LogP contribution in [-0.2, 0) is 20.8 Å². The minimum absolute atomic E-state index is 0.0208. The Kier molecular flexibility index (Phi) is 13.8. The Bertz CT molecular complexity index is 522. The quantitative estimate of drug-likeness (QED) is 0.397. The Morgan fingerprint density at radius 1 is 0.960 bits per heavy atom. The second-order valence-corrected chi connectivity index (χ2v) is 5.34. The molecule has 0 unspecified atom stereocenters. The van der Waals surface area contributed by atoms with Crippen molar-refractivity contribution in [2.45, 2.75) is 32.4 Å². The molecular formula is C16H27N3O6. The lowest BCUT2D eigenvalue weighted by molar-refractivity contribution is -0.140. The Morgan fingerprint density at radius 3 is 1.64 bits per heavy atom. The second kappa shape index (κ2) is 13.9. The van der Waals surface area contributed by atoms with Crippen molar-refractivity contribution in [3.63, 3.8) is 0 Å². The molecule has 0 saturated heterocycles. The van der Waals surface area contributed by atoms with Gasteiger partial charge in [-0.15, -0.1) is 0 Å². The highest BCUT2D eigenvalue weighted by Gasteiger charge is 2.14. The molecule has 0 aliphatic rings. The highest BCUT2D eigenvalue weighted by molar-refractivity contribution is 5.73. The van der Waals surface area contributed by atoms with Crippen molar-refractivity contribution in [2.75, 3.05) is 6.54 Å². The number of carbonyl (C=O) groups is 3. The first kappa shape index (κ1) is 24.8. The maximum absolute atomic E-state index is 10.4. The van der Waals surface area contributed by atoms with E-state index < -0.39 is 30.0 Å². The molecule has 0 aromatic heterocycles. The number of hydrogen-bond acceptors (Lipinski definition) is 6. The summed E-state index contributed by atoms with van der Waals surface area (Å²) in [4.78, 5) is 29.6. The molecular weight excluding hydrogens is 330 g/mol. The van der Waals surface area contributed by atoms with Crippen LogP contribution < -0.4 is 17.2 Å². The molecule has 0 heterocycles. The molecule has 0 saturated carbocycles. The van der Waals surface area contributed by atoms with Gasteiger partial charge in [0.15, 0.2) is 0 Å². The van der Waals surface area contributed by atoms with Crippen molar-refractivity contribution in [3.05, 3.63) is 35.9 Å². The van der Waals surface area contributed by atoms with Gasteiger partial charge in [-0.2, -0.15) is 0 Å². The number of nitrogens with two attached hydrogens (primary N) is 3. The van der Waals surface area contributed by atoms with Gasteiger partial charge in [-0.3, -0.25) is 14.4 Å². The Labute approximate surface area is 146 Å². The Balaban J connectivity index is 0. The van der Waals surface area contributed by atoms with Gasteiger partial charge < -0.3 is 32.5 Å². The third-order valence-electron chi connectivity index (χ3n) is 2.79. The summed E-state index contributed by atoms with van der Waals surface area (Å²) in [6.07, 6.45) is 0.385. The molecule has 142 valence electrons. The fourth-order valence-electron chi connectivity index (χ4n) is 1.24. The van der Waals surface area contributed by atoms with E-state index in [-0.39, 0.29) is 12.5 Å². The first-order valence-corrected chi connectivity index (χ1v) is 7.45. The topological polar surface area (TPSA) is 190 Å². The number of aliphatic carboxylic acids is 3. The molecule has 1 rings (SSSR count). The number of hydrogen-bond donors (Lipinski definition) is 6. The molecule has 0 aliphatic carbocycles. The fourth-order valence-corrected chi connectivity index (χ4v) is 1.24. The van der Waals surface area contributed by atoms with E-state index in [0.717, 1.165) is 5.56 Å². The second-order valence-electron chi connectivity index (χ2n) is 5.34. The normalized spacial score (nSPS) is 11.9. The molecule has 0 bridgehead atoms. The third-order valence-corrected chi connectivity index (χ3v) is 2.79. The van der Waals surface area contributed by atoms with Crippen molar-refractivity contribution in [1.82, 2.24) is 0 Å². The number of benzene rings is 1. The summed E-state index contributed by atoms with van der Waals surface area (Å²) in [5.41, 5.74) is 16.0. The van der Waals surface area contributed by atoms with Gasteiger partial charge in [-0.1, -0.05) is 44.2 Å². The first-order chi connectivity index (χ1) is 11.5. The fraction of sp³-hybridized carbons (Fsp3) is 0.438. The number of carboxylic acids is 3. The summed E-state index contributed by atoms with van der Waals surface area (Å²) in [6.45, 7) is 3.28. The average Bonchev–Trinajstić information content (AvgIpc) is 2.55. The highest BCUT2D eigenvalue weighted by Crippen LogP contribution is 2.01. The zero-order valence-corrected chi connectivity index (χ0v) is 14.3. The van der Waals surface area contributed by atoms with Crippen LogP contribution in [-0.4, -0.2) is 51.9 Å². The van der Waals surface area contributed by atoms with Crippen LogP contribution in [0.5, 0.6) is 0 Å². The first-order valence-electron chi connectivity index (χ1n) is 7.45. The van der Waals surface area contributed by atoms with Gasteiger partial charge in [0.25, 0.3) is 0 Å². The number of carboxylic acid groups (broad SMARTS) is 3. The van der Waals surface area contributed by atoms with Crippen LogP contribution >= 0.6 is 0 Å². The van der Waals surface area contributed by atoms with Crippen LogP contribution in [0.1, 0.15) is 19.4 Å². The third kappa shape index (κ3) is 14.8. The molecule has 2 atom stereocenters. The van der Waals surface area contributed by atoms with Crippen molar-refractivity contribution >= 4 is 17.9 Å². The van der Waals surface area contributed by atoms with E-state index in [9.17, 15) is 14.4 Å². The standard InChI is InChI=1S/C9H11NO2.C5H11NO2.C2H5NO2/c10-8(9(11)12)6-7-4-2-1-3-5-7;1-3(2)4(6)5(7)8;3-1-2(4)5/h1-5,8H,6,10H2,(H,11,12);3-4H,6H2,1-2H3,(H,7,8);1,3H2,(H,4,5)/t8-;4-;/m00./s1. The molecule has 25 heavy (non-hydrogen) atoms. The van der Waals surface area contributed by atoms with Gasteiger partial charge in [0.05, 0.1) is 6.54 Å². The summed E-state index contributed by atoms with van der Waals surface area (Å²) < 4.78 is 0. The van der Waals surface area contributed by atoms with Crippen LogP contribution in [0.4, 0.5) is 0 Å². The minimum Gasteiger partial charge on any atom is -0.480 e. The van der Waals surface area contributed by atoms with Gasteiger partial charge >= 0.3 is 17.9 Å². The summed E-state index contributed by atoms with van der Waals surface area (Å²) in [5.74, 6) is -2.84. The zero-order chi connectivity index (χ0) is 20.0. The van der Waals surface area contributed by atoms with E-state index in [2.05, 4.69) is 5.73 Å². The molecule has 9 nitrogen and oxygen atoms in total. The van der Waals surface area contributed by atoms with Gasteiger partial charge in [0.1, 0.15) is 12.1 Å². The van der Waals surface area contributed by atoms with Crippen LogP contribution in [0.15, 0.2) is 30.3 Å². The van der Waals surface area contributed by atoms with Gasteiger partial charge in [-0.25, -0.2) is 0 Å². The van der Waals surface area contributed by atoms with Crippen molar-refractivity contribution in [2.24, 2.45) is 23.1 Å². The average molecular weight is 357 g/mol. The molecule has 0 amide bonds. The summed E-state index contributed by atoms with van der Waals surface area (Å²) in [6, 6.07) is 7.83. The summed E-state index contributed by atoms with van der Waals surface area (Å²) in [7, 11) is 0. The maximum atomic E-state index is 10.4. The van der Waals surface area contributed by atoms with E-state index in [4.69, 9.17) is 26.8 Å². The molecule has 0 aliphatic heterocycles. The van der Waals surface area contributed by atoms with E-state index in [1.807, 2.05) is 30.3 Å². The van der Waals surface area contributed by atoms with E-state index in [1.54, 1.807) is 13.8 Å². The number of rotatable bonds is 6. The van der Waals surface area contributed by atoms with Gasteiger partial charge in [-0.05, 0) is 17.9 Å². The van der Waals surface area contributed by atoms with Gasteiger partial charge in [0.2, 0.25) is 0 Å².